The third-order valence-electron chi connectivity index (χ3n) is 5.87. The Hall–Kier alpha value is -3.88. The summed E-state index contributed by atoms with van der Waals surface area (Å²) in [5.41, 5.74) is 2.09. The molecule has 0 fully saturated rings. The number of nitrogens with zero attached hydrogens (tertiary/aromatic N) is 2. The Labute approximate surface area is 215 Å². The van der Waals surface area contributed by atoms with Gasteiger partial charge >= 0.3 is 5.97 Å². The molecule has 1 atom stereocenters. The molecule has 2 aromatic heterocycles. The highest BCUT2D eigenvalue weighted by atomic mass is 35.5. The Morgan fingerprint density at radius 2 is 1.92 bits per heavy atom. The Balaban J connectivity index is 1.64. The minimum atomic E-state index is -0.694. The van der Waals surface area contributed by atoms with Gasteiger partial charge in [-0.3, -0.25) is 9.36 Å². The van der Waals surface area contributed by atoms with E-state index in [4.69, 9.17) is 25.5 Å². The summed E-state index contributed by atoms with van der Waals surface area (Å²) in [5, 5.41) is 0.606. The van der Waals surface area contributed by atoms with Crippen molar-refractivity contribution in [1.82, 2.24) is 4.57 Å². The van der Waals surface area contributed by atoms with Crippen LogP contribution in [0.1, 0.15) is 24.3 Å². The predicted octanol–water partition coefficient (Wildman–Crippen LogP) is 4.33. The van der Waals surface area contributed by atoms with Crippen LogP contribution in [0.5, 0.6) is 5.75 Å². The van der Waals surface area contributed by atoms with Crippen molar-refractivity contribution in [2.45, 2.75) is 13.0 Å². The molecule has 0 amide bonds. The normalized spacial score (nSPS) is 15.4. The first-order chi connectivity index (χ1) is 17.4. The monoisotopic (exact) mass is 520 g/mol. The second-order valence-electron chi connectivity index (χ2n) is 8.06. The van der Waals surface area contributed by atoms with Crippen molar-refractivity contribution in [3.05, 3.63) is 108 Å². The van der Waals surface area contributed by atoms with Gasteiger partial charge < -0.3 is 13.9 Å². The van der Waals surface area contributed by atoms with Crippen LogP contribution < -0.4 is 19.6 Å². The fourth-order valence-corrected chi connectivity index (χ4v) is 5.37. The van der Waals surface area contributed by atoms with Gasteiger partial charge in [-0.15, -0.1) is 0 Å². The van der Waals surface area contributed by atoms with Crippen molar-refractivity contribution in [2.24, 2.45) is 4.99 Å². The molecular formula is C27H21ClN2O5S. The predicted molar refractivity (Wildman–Crippen MR) is 138 cm³/mol. The number of ether oxygens (including phenoxy) is 2. The molecule has 7 nitrogen and oxygen atoms in total. The van der Waals surface area contributed by atoms with Gasteiger partial charge in [-0.2, -0.15) is 0 Å². The number of carbonyl (C=O) groups excluding carboxylic acids is 1. The topological polar surface area (TPSA) is 83.0 Å². The number of rotatable bonds is 5. The van der Waals surface area contributed by atoms with Crippen molar-refractivity contribution in [3.63, 3.8) is 0 Å². The number of hydrogen-bond donors (Lipinski definition) is 0. The number of hydrogen-bond acceptors (Lipinski definition) is 7. The maximum Gasteiger partial charge on any atom is 0.338 e. The van der Waals surface area contributed by atoms with E-state index in [2.05, 4.69) is 4.99 Å². The van der Waals surface area contributed by atoms with Crippen LogP contribution in [0.15, 0.2) is 86.1 Å². The Bertz CT molecular complexity index is 1680. The lowest BCUT2D eigenvalue weighted by Crippen LogP contribution is -2.39. The highest BCUT2D eigenvalue weighted by Crippen LogP contribution is 2.31. The molecule has 182 valence electrons. The Kier molecular flexibility index (Phi) is 6.38. The molecule has 0 bridgehead atoms. The van der Waals surface area contributed by atoms with Crippen LogP contribution in [0.4, 0.5) is 0 Å². The number of furan rings is 1. The molecule has 3 heterocycles. The van der Waals surface area contributed by atoms with E-state index < -0.39 is 12.0 Å². The lowest BCUT2D eigenvalue weighted by molar-refractivity contribution is -0.136. The molecule has 0 saturated carbocycles. The van der Waals surface area contributed by atoms with Gasteiger partial charge in [0.1, 0.15) is 17.3 Å². The largest absolute Gasteiger partial charge is 0.497 e. The molecule has 9 heteroatoms. The van der Waals surface area contributed by atoms with Crippen molar-refractivity contribution in [1.29, 1.82) is 0 Å². The Morgan fingerprint density at radius 1 is 1.14 bits per heavy atom. The average Bonchev–Trinajstić information content (AvgIpc) is 3.47. The second-order valence-corrected chi connectivity index (χ2v) is 9.50. The van der Waals surface area contributed by atoms with Gasteiger partial charge in [0.2, 0.25) is 0 Å². The molecule has 5 rings (SSSR count). The van der Waals surface area contributed by atoms with E-state index in [1.165, 1.54) is 23.0 Å². The number of aromatic nitrogens is 1. The average molecular weight is 521 g/mol. The van der Waals surface area contributed by atoms with E-state index in [-0.39, 0.29) is 5.56 Å². The van der Waals surface area contributed by atoms with E-state index in [1.54, 1.807) is 44.4 Å². The summed E-state index contributed by atoms with van der Waals surface area (Å²) in [6.45, 7) is 1.74. The van der Waals surface area contributed by atoms with E-state index >= 15 is 0 Å². The molecule has 0 radical (unpaired) electrons. The number of methoxy groups -OCH3 is 2. The lowest BCUT2D eigenvalue weighted by atomic mass is 9.96. The second kappa shape index (κ2) is 9.64. The first kappa shape index (κ1) is 23.8. The van der Waals surface area contributed by atoms with Gasteiger partial charge in [0, 0.05) is 16.7 Å². The van der Waals surface area contributed by atoms with Crippen LogP contribution in [0.25, 0.3) is 17.4 Å². The molecule has 1 aliphatic rings. The highest BCUT2D eigenvalue weighted by Gasteiger charge is 2.33. The molecule has 0 aliphatic carbocycles. The number of fused-ring (bicyclic) bond motifs is 1. The Morgan fingerprint density at radius 3 is 2.61 bits per heavy atom. The zero-order chi connectivity index (χ0) is 25.4. The van der Waals surface area contributed by atoms with E-state index in [9.17, 15) is 9.59 Å². The molecule has 0 N–H and O–H groups in total. The van der Waals surface area contributed by atoms with Crippen LogP contribution in [0.3, 0.4) is 0 Å². The van der Waals surface area contributed by atoms with Gasteiger partial charge in [-0.05, 0) is 48.9 Å². The van der Waals surface area contributed by atoms with Crippen molar-refractivity contribution in [3.8, 4) is 17.1 Å². The molecular weight excluding hydrogens is 500 g/mol. The van der Waals surface area contributed by atoms with Gasteiger partial charge in [0.25, 0.3) is 5.56 Å². The summed E-state index contributed by atoms with van der Waals surface area (Å²) in [6, 6.07) is 17.5. The quantitative estimate of drug-likeness (QED) is 0.366. The van der Waals surface area contributed by atoms with E-state index in [0.717, 1.165) is 11.1 Å². The molecule has 0 saturated heterocycles. The molecule has 36 heavy (non-hydrogen) atoms. The first-order valence-corrected chi connectivity index (χ1v) is 12.2. The lowest BCUT2D eigenvalue weighted by Gasteiger charge is -2.24. The third kappa shape index (κ3) is 4.29. The number of benzene rings is 2. The van der Waals surface area contributed by atoms with Crippen LogP contribution in [-0.2, 0) is 9.53 Å². The summed E-state index contributed by atoms with van der Waals surface area (Å²) in [4.78, 5) is 31.4. The fraction of sp³-hybridized carbons (Fsp3) is 0.148. The zero-order valence-corrected chi connectivity index (χ0v) is 21.2. The summed E-state index contributed by atoms with van der Waals surface area (Å²) >= 11 is 7.33. The number of esters is 1. The van der Waals surface area contributed by atoms with Crippen LogP contribution in [-0.4, -0.2) is 24.8 Å². The van der Waals surface area contributed by atoms with Gasteiger partial charge in [0.15, 0.2) is 4.80 Å². The fourth-order valence-electron chi connectivity index (χ4n) is 4.15. The van der Waals surface area contributed by atoms with E-state index in [0.29, 0.717) is 42.9 Å². The molecule has 4 aromatic rings. The molecule has 0 spiro atoms. The highest BCUT2D eigenvalue weighted by molar-refractivity contribution is 7.07. The maximum absolute atomic E-state index is 13.6. The SMILES string of the molecule is COC(=O)C1=C(C)N=c2s/c(=C/c3ccc(-c4cccc(Cl)c4)o3)c(=O)n2C1c1ccc(OC)cc1. The number of carbonyl (C=O) groups is 1. The van der Waals surface area contributed by atoms with Crippen molar-refractivity contribution in [2.75, 3.05) is 14.2 Å². The molecule has 2 aromatic carbocycles. The maximum atomic E-state index is 13.6. The van der Waals surface area contributed by atoms with Crippen molar-refractivity contribution < 1.29 is 18.7 Å². The summed E-state index contributed by atoms with van der Waals surface area (Å²) in [5.74, 6) is 1.28. The summed E-state index contributed by atoms with van der Waals surface area (Å²) in [7, 11) is 2.89. The number of halogens is 1. The summed E-state index contributed by atoms with van der Waals surface area (Å²) < 4.78 is 18.2. The minimum Gasteiger partial charge on any atom is -0.497 e. The standard InChI is InChI=1S/C27H21ClN2O5S/c1-15-23(26(32)34-3)24(16-7-9-19(33-2)10-8-16)30-25(31)22(36-27(30)29-15)14-20-11-12-21(35-20)17-5-4-6-18(28)13-17/h4-14,24H,1-3H3/b22-14+. The van der Waals surface area contributed by atoms with Crippen molar-refractivity contribution >= 4 is 35.0 Å². The molecule has 1 unspecified atom stereocenters. The minimum absolute atomic E-state index is 0.283. The van der Waals surface area contributed by atoms with Gasteiger partial charge in [-0.25, -0.2) is 9.79 Å². The summed E-state index contributed by atoms with van der Waals surface area (Å²) in [6.07, 6.45) is 1.68. The first-order valence-electron chi connectivity index (χ1n) is 11.0. The number of allylic oxidation sites excluding steroid dienone is 1. The van der Waals surface area contributed by atoms with Gasteiger partial charge in [-0.1, -0.05) is 47.2 Å². The smallest absolute Gasteiger partial charge is 0.338 e. The molecule has 1 aliphatic heterocycles. The van der Waals surface area contributed by atoms with Crippen LogP contribution in [0.2, 0.25) is 5.02 Å². The third-order valence-corrected chi connectivity index (χ3v) is 7.09. The van der Waals surface area contributed by atoms with Gasteiger partial charge in [0.05, 0.1) is 36.1 Å². The number of thiazole rings is 1. The van der Waals surface area contributed by atoms with E-state index in [1.807, 2.05) is 36.4 Å². The van der Waals surface area contributed by atoms with Crippen LogP contribution >= 0.6 is 22.9 Å². The van der Waals surface area contributed by atoms with Crippen LogP contribution in [0, 0.1) is 0 Å². The zero-order valence-electron chi connectivity index (χ0n) is 19.7.